The lowest BCUT2D eigenvalue weighted by Gasteiger charge is -2.33. The third kappa shape index (κ3) is 4.77. The van der Waals surface area contributed by atoms with Crippen molar-refractivity contribution < 1.29 is 14.2 Å². The van der Waals surface area contributed by atoms with Crippen LogP contribution in [0.2, 0.25) is 0 Å². The maximum absolute atomic E-state index is 6.44. The van der Waals surface area contributed by atoms with Crippen LogP contribution in [0.4, 0.5) is 5.69 Å². The first-order valence-electron chi connectivity index (χ1n) is 13.0. The van der Waals surface area contributed by atoms with Crippen molar-refractivity contribution in [3.63, 3.8) is 0 Å². The van der Waals surface area contributed by atoms with Crippen LogP contribution in [0, 0.1) is 6.92 Å². The lowest BCUT2D eigenvalue weighted by atomic mass is 10.1. The SMILES string of the molecule is COc1cc(-c2nc3ccc(N4CCC4)cc3[nH]2)c(C)c(OCc2ccccc2)c1OCc1ccccc1. The van der Waals surface area contributed by atoms with E-state index in [1.807, 2.05) is 61.5 Å². The van der Waals surface area contributed by atoms with Gasteiger partial charge in [-0.2, -0.15) is 0 Å². The zero-order valence-corrected chi connectivity index (χ0v) is 21.7. The number of nitrogens with one attached hydrogen (secondary N) is 1. The van der Waals surface area contributed by atoms with E-state index >= 15 is 0 Å². The number of benzene rings is 4. The standard InChI is InChI=1S/C32H31N3O3/c1-22-26(32-33-27-15-14-25(18-28(27)34-32)35-16-9-17-35)19-29(36-2)31(38-21-24-12-7-4-8-13-24)30(22)37-20-23-10-5-3-6-11-23/h3-8,10-15,18-19H,9,16-17,20-21H2,1-2H3,(H,33,34). The second-order valence-electron chi connectivity index (χ2n) is 9.59. The van der Waals surface area contributed by atoms with Gasteiger partial charge in [0, 0.05) is 29.9 Å². The van der Waals surface area contributed by atoms with E-state index in [4.69, 9.17) is 19.2 Å². The van der Waals surface area contributed by atoms with Gasteiger partial charge < -0.3 is 24.1 Å². The molecule has 192 valence electrons. The summed E-state index contributed by atoms with van der Waals surface area (Å²) in [5.41, 5.74) is 7.17. The largest absolute Gasteiger partial charge is 0.493 e. The van der Waals surface area contributed by atoms with Gasteiger partial charge in [0.2, 0.25) is 5.75 Å². The maximum atomic E-state index is 6.44. The summed E-state index contributed by atoms with van der Waals surface area (Å²) in [5, 5.41) is 0. The molecule has 5 aromatic rings. The van der Waals surface area contributed by atoms with Gasteiger partial charge in [-0.15, -0.1) is 0 Å². The minimum Gasteiger partial charge on any atom is -0.493 e. The highest BCUT2D eigenvalue weighted by Gasteiger charge is 2.23. The maximum Gasteiger partial charge on any atom is 0.204 e. The van der Waals surface area contributed by atoms with Crippen molar-refractivity contribution >= 4 is 16.7 Å². The molecule has 2 heterocycles. The van der Waals surface area contributed by atoms with Crippen molar-refractivity contribution in [1.82, 2.24) is 9.97 Å². The molecule has 1 saturated heterocycles. The fourth-order valence-corrected chi connectivity index (χ4v) is 4.77. The van der Waals surface area contributed by atoms with Crippen molar-refractivity contribution in [1.29, 1.82) is 0 Å². The number of nitrogens with zero attached hydrogens (tertiary/aromatic N) is 2. The highest BCUT2D eigenvalue weighted by molar-refractivity contribution is 5.84. The van der Waals surface area contributed by atoms with Gasteiger partial charge in [0.15, 0.2) is 11.5 Å². The molecule has 6 heteroatoms. The van der Waals surface area contributed by atoms with Crippen LogP contribution in [0.5, 0.6) is 17.2 Å². The number of anilines is 1. The Morgan fingerprint density at radius 3 is 2.08 bits per heavy atom. The van der Waals surface area contributed by atoms with Crippen molar-refractivity contribution in [2.45, 2.75) is 26.6 Å². The molecule has 0 saturated carbocycles. The monoisotopic (exact) mass is 505 g/mol. The van der Waals surface area contributed by atoms with Crippen LogP contribution in [-0.2, 0) is 13.2 Å². The molecule has 0 radical (unpaired) electrons. The zero-order valence-electron chi connectivity index (χ0n) is 21.7. The van der Waals surface area contributed by atoms with Gasteiger partial charge in [0.1, 0.15) is 19.0 Å². The third-order valence-corrected chi connectivity index (χ3v) is 7.06. The van der Waals surface area contributed by atoms with Crippen LogP contribution < -0.4 is 19.1 Å². The minimum atomic E-state index is 0.404. The number of H-pyrrole nitrogens is 1. The minimum absolute atomic E-state index is 0.404. The molecule has 1 aromatic heterocycles. The van der Waals surface area contributed by atoms with Crippen molar-refractivity contribution in [2.24, 2.45) is 0 Å². The van der Waals surface area contributed by atoms with Gasteiger partial charge in [0.25, 0.3) is 0 Å². The summed E-state index contributed by atoms with van der Waals surface area (Å²) in [6.45, 7) is 5.07. The number of imidazole rings is 1. The first kappa shape index (κ1) is 23.9. The second kappa shape index (κ2) is 10.5. The van der Waals surface area contributed by atoms with Gasteiger partial charge in [-0.1, -0.05) is 60.7 Å². The highest BCUT2D eigenvalue weighted by atomic mass is 16.5. The summed E-state index contributed by atoms with van der Waals surface area (Å²) in [6, 6.07) is 28.6. The first-order chi connectivity index (χ1) is 18.7. The first-order valence-corrected chi connectivity index (χ1v) is 13.0. The van der Waals surface area contributed by atoms with Gasteiger partial charge in [0.05, 0.1) is 18.1 Å². The highest BCUT2D eigenvalue weighted by Crippen LogP contribution is 2.45. The Morgan fingerprint density at radius 1 is 0.816 bits per heavy atom. The molecule has 0 bridgehead atoms. The number of methoxy groups -OCH3 is 1. The Hall–Kier alpha value is -4.45. The molecule has 6 rings (SSSR count). The molecule has 1 aliphatic rings. The number of aromatic nitrogens is 2. The van der Waals surface area contributed by atoms with E-state index in [-0.39, 0.29) is 0 Å². The Labute approximate surface area is 222 Å². The lowest BCUT2D eigenvalue weighted by Crippen LogP contribution is -2.36. The molecule has 1 N–H and O–H groups in total. The molecule has 0 spiro atoms. The molecule has 0 unspecified atom stereocenters. The van der Waals surface area contributed by atoms with E-state index in [1.165, 1.54) is 12.1 Å². The zero-order chi connectivity index (χ0) is 25.9. The molecule has 1 aliphatic heterocycles. The van der Waals surface area contributed by atoms with E-state index in [9.17, 15) is 0 Å². The van der Waals surface area contributed by atoms with E-state index < -0.39 is 0 Å². The summed E-state index contributed by atoms with van der Waals surface area (Å²) in [5.74, 6) is 2.62. The average molecular weight is 506 g/mol. The van der Waals surface area contributed by atoms with Gasteiger partial charge >= 0.3 is 0 Å². The van der Waals surface area contributed by atoms with E-state index in [1.54, 1.807) is 7.11 Å². The van der Waals surface area contributed by atoms with Crippen molar-refractivity contribution in [3.8, 4) is 28.6 Å². The van der Waals surface area contributed by atoms with Crippen molar-refractivity contribution in [3.05, 3.63) is 102 Å². The molecule has 38 heavy (non-hydrogen) atoms. The smallest absolute Gasteiger partial charge is 0.204 e. The van der Waals surface area contributed by atoms with Crippen LogP contribution >= 0.6 is 0 Å². The van der Waals surface area contributed by atoms with Crippen LogP contribution in [0.1, 0.15) is 23.1 Å². The Balaban J connectivity index is 1.40. The number of hydrogen-bond donors (Lipinski definition) is 1. The topological polar surface area (TPSA) is 59.6 Å². The number of aromatic amines is 1. The average Bonchev–Trinajstić information content (AvgIpc) is 3.35. The summed E-state index contributed by atoms with van der Waals surface area (Å²) < 4.78 is 18.6. The number of ether oxygens (including phenoxy) is 3. The van der Waals surface area contributed by atoms with Crippen LogP contribution in [0.15, 0.2) is 84.9 Å². The summed E-state index contributed by atoms with van der Waals surface area (Å²) in [6.07, 6.45) is 1.25. The third-order valence-electron chi connectivity index (χ3n) is 7.06. The molecule has 0 atom stereocenters. The molecular weight excluding hydrogens is 474 g/mol. The van der Waals surface area contributed by atoms with Crippen molar-refractivity contribution in [2.75, 3.05) is 25.1 Å². The quantitative estimate of drug-likeness (QED) is 0.236. The normalized spacial score (nSPS) is 12.8. The number of fused-ring (bicyclic) bond motifs is 1. The molecule has 0 amide bonds. The predicted octanol–water partition coefficient (Wildman–Crippen LogP) is 6.92. The Kier molecular flexibility index (Phi) is 6.61. The molecule has 0 aliphatic carbocycles. The predicted molar refractivity (Wildman–Crippen MR) is 151 cm³/mol. The summed E-state index contributed by atoms with van der Waals surface area (Å²) in [7, 11) is 1.66. The number of rotatable bonds is 9. The molecule has 1 fully saturated rings. The second-order valence-corrected chi connectivity index (χ2v) is 9.59. The fourth-order valence-electron chi connectivity index (χ4n) is 4.77. The molecular formula is C32H31N3O3. The van der Waals surface area contributed by atoms with E-state index in [0.29, 0.717) is 30.5 Å². The summed E-state index contributed by atoms with van der Waals surface area (Å²) >= 11 is 0. The Bertz CT molecular complexity index is 1540. The molecule has 4 aromatic carbocycles. The van der Waals surface area contributed by atoms with Crippen LogP contribution in [-0.4, -0.2) is 30.2 Å². The van der Waals surface area contributed by atoms with E-state index in [2.05, 4.69) is 40.2 Å². The lowest BCUT2D eigenvalue weighted by molar-refractivity contribution is 0.243. The summed E-state index contributed by atoms with van der Waals surface area (Å²) in [4.78, 5) is 10.8. The van der Waals surface area contributed by atoms with Gasteiger partial charge in [-0.3, -0.25) is 0 Å². The fraction of sp³-hybridized carbons (Fsp3) is 0.219. The van der Waals surface area contributed by atoms with Crippen LogP contribution in [0.3, 0.4) is 0 Å². The molecule has 6 nitrogen and oxygen atoms in total. The van der Waals surface area contributed by atoms with Gasteiger partial charge in [-0.05, 0) is 48.7 Å². The van der Waals surface area contributed by atoms with E-state index in [0.717, 1.165) is 52.2 Å². The number of hydrogen-bond acceptors (Lipinski definition) is 5. The van der Waals surface area contributed by atoms with Gasteiger partial charge in [-0.25, -0.2) is 4.98 Å². The Morgan fingerprint density at radius 2 is 1.47 bits per heavy atom. The van der Waals surface area contributed by atoms with Crippen LogP contribution in [0.25, 0.3) is 22.4 Å².